The largest absolute Gasteiger partial charge is 0.347 e. The molecule has 2 rings (SSSR count). The number of pyridine rings is 1. The van der Waals surface area contributed by atoms with Crippen LogP contribution in [0.15, 0.2) is 12.3 Å². The fourth-order valence-electron chi connectivity index (χ4n) is 1.58. The van der Waals surface area contributed by atoms with Crippen LogP contribution < -0.4 is 5.32 Å². The molecule has 1 N–H and O–H groups in total. The number of aryl methyl sites for hydroxylation is 1. The highest BCUT2D eigenvalue weighted by atomic mass is 16.2. The van der Waals surface area contributed by atoms with Gasteiger partial charge in [-0.2, -0.15) is 0 Å². The summed E-state index contributed by atoms with van der Waals surface area (Å²) < 4.78 is 0. The van der Waals surface area contributed by atoms with E-state index in [1.807, 2.05) is 0 Å². The molecule has 3 heteroatoms. The van der Waals surface area contributed by atoms with Crippen molar-refractivity contribution in [3.05, 3.63) is 29.1 Å². The minimum Gasteiger partial charge on any atom is -0.347 e. The van der Waals surface area contributed by atoms with E-state index in [4.69, 9.17) is 0 Å². The van der Waals surface area contributed by atoms with Gasteiger partial charge in [-0.15, -0.1) is 0 Å². The van der Waals surface area contributed by atoms with Crippen LogP contribution in [0, 0.1) is 0 Å². The van der Waals surface area contributed by atoms with Gasteiger partial charge in [0.25, 0.3) is 5.91 Å². The van der Waals surface area contributed by atoms with Gasteiger partial charge in [0.15, 0.2) is 0 Å². The van der Waals surface area contributed by atoms with Crippen LogP contribution >= 0.6 is 0 Å². The molecule has 0 bridgehead atoms. The van der Waals surface area contributed by atoms with Crippen LogP contribution in [0.5, 0.6) is 0 Å². The summed E-state index contributed by atoms with van der Waals surface area (Å²) in [5.41, 5.74) is 2.86. The molecule has 1 aliphatic heterocycles. The van der Waals surface area contributed by atoms with Crippen LogP contribution in [0.1, 0.15) is 35.0 Å². The van der Waals surface area contributed by atoms with E-state index in [1.54, 1.807) is 6.20 Å². The molecule has 1 aromatic heterocycles. The molecule has 1 aromatic rings. The van der Waals surface area contributed by atoms with E-state index in [-0.39, 0.29) is 5.91 Å². The van der Waals surface area contributed by atoms with Crippen molar-refractivity contribution in [2.45, 2.75) is 26.3 Å². The van der Waals surface area contributed by atoms with Crippen LogP contribution in [-0.4, -0.2) is 10.9 Å². The van der Waals surface area contributed by atoms with E-state index in [1.165, 1.54) is 5.56 Å². The van der Waals surface area contributed by atoms with Crippen LogP contribution in [0.4, 0.5) is 0 Å². The molecular formula is C10H12N2O. The maximum atomic E-state index is 11.2. The molecule has 2 heterocycles. The van der Waals surface area contributed by atoms with Gasteiger partial charge in [-0.1, -0.05) is 19.4 Å². The van der Waals surface area contributed by atoms with Crippen molar-refractivity contribution in [2.75, 3.05) is 0 Å². The lowest BCUT2D eigenvalue weighted by Crippen LogP contribution is -2.13. The van der Waals surface area contributed by atoms with Gasteiger partial charge in [-0.05, 0) is 12.0 Å². The number of rotatable bonds is 2. The number of nitrogens with one attached hydrogen (secondary N) is 1. The van der Waals surface area contributed by atoms with Crippen molar-refractivity contribution >= 4 is 5.91 Å². The van der Waals surface area contributed by atoms with E-state index in [0.717, 1.165) is 18.4 Å². The standard InChI is InChI=1S/C10H12N2O/c1-2-3-7-4-8-6-12-10(13)9(8)11-5-7/h4-5H,2-3,6H2,1H3,(H,12,13). The topological polar surface area (TPSA) is 42.0 Å². The average Bonchev–Trinajstić information content (AvgIpc) is 2.48. The molecule has 0 saturated carbocycles. The first-order valence-corrected chi connectivity index (χ1v) is 4.57. The maximum absolute atomic E-state index is 11.2. The molecule has 1 aliphatic rings. The van der Waals surface area contributed by atoms with E-state index >= 15 is 0 Å². The zero-order valence-electron chi connectivity index (χ0n) is 7.63. The van der Waals surface area contributed by atoms with Gasteiger partial charge < -0.3 is 5.32 Å². The van der Waals surface area contributed by atoms with Gasteiger partial charge in [-0.25, -0.2) is 0 Å². The number of amides is 1. The first-order chi connectivity index (χ1) is 6.31. The molecule has 13 heavy (non-hydrogen) atoms. The highest BCUT2D eigenvalue weighted by Gasteiger charge is 2.19. The minimum absolute atomic E-state index is 0.0435. The number of carbonyl (C=O) groups is 1. The van der Waals surface area contributed by atoms with Gasteiger partial charge in [0.1, 0.15) is 5.69 Å². The lowest BCUT2D eigenvalue weighted by molar-refractivity contribution is 0.0961. The molecule has 0 spiro atoms. The second kappa shape index (κ2) is 3.17. The summed E-state index contributed by atoms with van der Waals surface area (Å²) >= 11 is 0. The Hall–Kier alpha value is -1.38. The second-order valence-corrected chi connectivity index (χ2v) is 3.28. The highest BCUT2D eigenvalue weighted by molar-refractivity contribution is 5.96. The quantitative estimate of drug-likeness (QED) is 0.737. The average molecular weight is 176 g/mol. The molecule has 0 aromatic carbocycles. The fraction of sp³-hybridized carbons (Fsp3) is 0.400. The normalized spacial score (nSPS) is 14.1. The molecule has 0 fully saturated rings. The number of hydrogen-bond donors (Lipinski definition) is 1. The first-order valence-electron chi connectivity index (χ1n) is 4.57. The summed E-state index contributed by atoms with van der Waals surface area (Å²) in [5.74, 6) is -0.0435. The van der Waals surface area contributed by atoms with Crippen molar-refractivity contribution in [1.29, 1.82) is 0 Å². The lowest BCUT2D eigenvalue weighted by Gasteiger charge is -1.99. The predicted molar refractivity (Wildman–Crippen MR) is 49.4 cm³/mol. The number of hydrogen-bond acceptors (Lipinski definition) is 2. The van der Waals surface area contributed by atoms with E-state index < -0.39 is 0 Å². The summed E-state index contributed by atoms with van der Waals surface area (Å²) in [6.07, 6.45) is 3.95. The Morgan fingerprint density at radius 2 is 2.46 bits per heavy atom. The third-order valence-corrected chi connectivity index (χ3v) is 2.22. The molecule has 0 aliphatic carbocycles. The van der Waals surface area contributed by atoms with Gasteiger partial charge in [0.2, 0.25) is 0 Å². The summed E-state index contributed by atoms with van der Waals surface area (Å²) in [6.45, 7) is 2.77. The van der Waals surface area contributed by atoms with Gasteiger partial charge in [-0.3, -0.25) is 9.78 Å². The van der Waals surface area contributed by atoms with Crippen molar-refractivity contribution in [1.82, 2.24) is 10.3 Å². The summed E-state index contributed by atoms with van der Waals surface area (Å²) in [5, 5.41) is 2.75. The Morgan fingerprint density at radius 3 is 3.23 bits per heavy atom. The molecular weight excluding hydrogens is 164 g/mol. The van der Waals surface area contributed by atoms with Crippen molar-refractivity contribution in [3.8, 4) is 0 Å². The molecule has 0 saturated heterocycles. The Bertz CT molecular complexity index is 347. The van der Waals surface area contributed by atoms with Gasteiger partial charge >= 0.3 is 0 Å². The number of aromatic nitrogens is 1. The number of nitrogens with zero attached hydrogens (tertiary/aromatic N) is 1. The summed E-state index contributed by atoms with van der Waals surface area (Å²) in [7, 11) is 0. The van der Waals surface area contributed by atoms with Crippen molar-refractivity contribution in [3.63, 3.8) is 0 Å². The monoisotopic (exact) mass is 176 g/mol. The van der Waals surface area contributed by atoms with Crippen molar-refractivity contribution in [2.24, 2.45) is 0 Å². The number of fused-ring (bicyclic) bond motifs is 1. The molecule has 0 radical (unpaired) electrons. The van der Waals surface area contributed by atoms with E-state index in [0.29, 0.717) is 12.2 Å². The zero-order chi connectivity index (χ0) is 9.26. The zero-order valence-corrected chi connectivity index (χ0v) is 7.63. The van der Waals surface area contributed by atoms with Crippen LogP contribution in [0.2, 0.25) is 0 Å². The van der Waals surface area contributed by atoms with Gasteiger partial charge in [0, 0.05) is 18.3 Å². The Morgan fingerprint density at radius 1 is 1.62 bits per heavy atom. The Labute approximate surface area is 77.2 Å². The minimum atomic E-state index is -0.0435. The molecule has 0 unspecified atom stereocenters. The Kier molecular flexibility index (Phi) is 2.00. The first kappa shape index (κ1) is 8.23. The highest BCUT2D eigenvalue weighted by Crippen LogP contribution is 2.14. The van der Waals surface area contributed by atoms with Crippen LogP contribution in [0.25, 0.3) is 0 Å². The third kappa shape index (κ3) is 1.41. The Balaban J connectivity index is 2.34. The smallest absolute Gasteiger partial charge is 0.270 e. The molecule has 68 valence electrons. The molecule has 0 atom stereocenters. The van der Waals surface area contributed by atoms with E-state index in [9.17, 15) is 4.79 Å². The SMILES string of the molecule is CCCc1cnc2c(c1)CNC2=O. The maximum Gasteiger partial charge on any atom is 0.270 e. The second-order valence-electron chi connectivity index (χ2n) is 3.28. The van der Waals surface area contributed by atoms with Crippen LogP contribution in [-0.2, 0) is 13.0 Å². The van der Waals surface area contributed by atoms with E-state index in [2.05, 4.69) is 23.3 Å². The lowest BCUT2D eigenvalue weighted by atomic mass is 10.1. The predicted octanol–water partition coefficient (Wildman–Crippen LogP) is 1.28. The summed E-state index contributed by atoms with van der Waals surface area (Å²) in [4.78, 5) is 15.3. The third-order valence-electron chi connectivity index (χ3n) is 2.22. The van der Waals surface area contributed by atoms with Crippen molar-refractivity contribution < 1.29 is 4.79 Å². The molecule has 3 nitrogen and oxygen atoms in total. The number of carbonyl (C=O) groups excluding carboxylic acids is 1. The van der Waals surface area contributed by atoms with Gasteiger partial charge in [0.05, 0.1) is 0 Å². The van der Waals surface area contributed by atoms with Crippen LogP contribution in [0.3, 0.4) is 0 Å². The fourth-order valence-corrected chi connectivity index (χ4v) is 1.58. The summed E-state index contributed by atoms with van der Waals surface area (Å²) in [6, 6.07) is 2.07. The molecule has 1 amide bonds.